The molecule has 0 unspecified atom stereocenters. The maximum Gasteiger partial charge on any atom is 1.00 e. The van der Waals surface area contributed by atoms with Gasteiger partial charge in [-0.3, -0.25) is 0 Å². The fraction of sp³-hybridized carbons (Fsp3) is 0.800. The minimum Gasteiger partial charge on any atom is -0.358 e. The van der Waals surface area contributed by atoms with Crippen LogP contribution in [0.15, 0.2) is 0 Å². The maximum absolute atomic E-state index is 6.21. The van der Waals surface area contributed by atoms with Gasteiger partial charge in [0.1, 0.15) is 0 Å². The van der Waals surface area contributed by atoms with E-state index in [1.54, 1.807) is 6.92 Å². The first kappa shape index (κ1) is 16.0. The summed E-state index contributed by atoms with van der Waals surface area (Å²) in [4.78, 5) is 0. The summed E-state index contributed by atoms with van der Waals surface area (Å²) in [5.41, 5.74) is 0. The fourth-order valence-corrected chi connectivity index (χ4v) is 0. The number of hydrogen-bond acceptors (Lipinski definition) is 0. The largest absolute Gasteiger partial charge is 1.00 e. The molecular weight excluding hydrogens is 67.0 g/mol. The second kappa shape index (κ2) is 331. The Kier molecular flexibility index (Phi) is 882. The van der Waals surface area contributed by atoms with Crippen LogP contribution in [0, 0.1) is 7.43 Å². The molecule has 0 spiro atoms. The van der Waals surface area contributed by atoms with Crippen LogP contribution >= 0.6 is 0 Å². The second-order valence-electron chi connectivity index (χ2n) is 0. The van der Waals surface area contributed by atoms with Gasteiger partial charge in [0.15, 0.2) is 0 Å². The molecule has 0 N–H and O–H groups in total. The maximum atomic E-state index is 6.21. The first-order chi connectivity index (χ1) is 2.41. The summed E-state index contributed by atoms with van der Waals surface area (Å²) in [6.45, 7) is 6.29. The normalized spacial score (nSPS) is 4.17. The average Bonchev–Trinajstić information content (AvgIpc) is 1.46. The van der Waals surface area contributed by atoms with Gasteiger partial charge in [0.25, 0.3) is 0 Å². The summed E-state index contributed by atoms with van der Waals surface area (Å²) in [7, 11) is 0. The van der Waals surface area contributed by atoms with Crippen molar-refractivity contribution in [2.75, 3.05) is 0 Å². The summed E-state index contributed by atoms with van der Waals surface area (Å²) in [6.07, 6.45) is 0. The van der Waals surface area contributed by atoms with Crippen LogP contribution < -0.4 is 18.9 Å². The zero-order valence-electron chi connectivity index (χ0n) is 6.71. The van der Waals surface area contributed by atoms with Crippen LogP contribution in [0.3, 0.4) is 0 Å². The zero-order valence-corrected chi connectivity index (χ0v) is 5.71. The summed E-state index contributed by atoms with van der Waals surface area (Å²) in [5, 5.41) is 0. The van der Waals surface area contributed by atoms with E-state index in [-0.39, 0.29) is 26.3 Å². The van der Waals surface area contributed by atoms with Gasteiger partial charge >= 0.3 is 18.9 Å². The topological polar surface area (TPSA) is 0 Å². The molecule has 0 radical (unpaired) electrons. The van der Waals surface area contributed by atoms with Crippen molar-refractivity contribution in [2.45, 2.75) is 27.7 Å². The fourth-order valence-electron chi connectivity index (χ4n) is 0. The van der Waals surface area contributed by atoms with E-state index in [2.05, 4.69) is 0 Å². The van der Waals surface area contributed by atoms with Crippen molar-refractivity contribution in [1.82, 2.24) is 0 Å². The van der Waals surface area contributed by atoms with Crippen molar-refractivity contribution < 1.29 is 20.2 Å². The molecule has 0 aromatic heterocycles. The molecule has 0 aliphatic carbocycles. The van der Waals surface area contributed by atoms with Crippen LogP contribution in [-0.4, -0.2) is 0 Å². The third-order valence-electron chi connectivity index (χ3n) is 0. The standard InChI is InChI=1S/2C2H6.CH3.Li/c2*1-2;;/h2*1-2H3;1H3;/q;;-1;+1/i1D;;;. The van der Waals surface area contributed by atoms with E-state index in [0.29, 0.717) is 6.90 Å². The van der Waals surface area contributed by atoms with E-state index in [9.17, 15) is 0 Å². The molecule has 0 amide bonds. The van der Waals surface area contributed by atoms with Gasteiger partial charge in [-0.15, -0.1) is 0 Å². The van der Waals surface area contributed by atoms with Gasteiger partial charge in [-0.1, -0.05) is 27.7 Å². The van der Waals surface area contributed by atoms with E-state index in [1.807, 2.05) is 13.8 Å². The van der Waals surface area contributed by atoms with E-state index in [0.717, 1.165) is 0 Å². The SMILES string of the molecule is CC.[2H]CC.[CH3-].[Li+]. The molecule has 1 heteroatoms. The van der Waals surface area contributed by atoms with E-state index >= 15 is 0 Å². The molecule has 0 nitrogen and oxygen atoms in total. The third-order valence-corrected chi connectivity index (χ3v) is 0. The Morgan fingerprint density at radius 1 is 1.17 bits per heavy atom. The van der Waals surface area contributed by atoms with Gasteiger partial charge in [0.2, 0.25) is 0 Å². The molecule has 0 aromatic rings. The molecule has 36 valence electrons. The van der Waals surface area contributed by atoms with Crippen molar-refractivity contribution in [3.63, 3.8) is 0 Å². The van der Waals surface area contributed by atoms with Crippen molar-refractivity contribution in [1.29, 1.82) is 0 Å². The Morgan fingerprint density at radius 3 is 1.17 bits per heavy atom. The molecule has 0 aliphatic heterocycles. The van der Waals surface area contributed by atoms with E-state index < -0.39 is 0 Å². The molecule has 0 atom stereocenters. The molecule has 0 bridgehead atoms. The smallest absolute Gasteiger partial charge is 0.358 e. The van der Waals surface area contributed by atoms with Gasteiger partial charge in [0, 0.05) is 1.37 Å². The number of hydrogen-bond donors (Lipinski definition) is 0. The van der Waals surface area contributed by atoms with Gasteiger partial charge in [0.05, 0.1) is 0 Å². The Balaban J connectivity index is -0.0000000105. The average molecular weight is 83.1 g/mol. The summed E-state index contributed by atoms with van der Waals surface area (Å²) in [6, 6.07) is 0. The number of rotatable bonds is 0. The Labute approximate surface area is 55.9 Å². The summed E-state index contributed by atoms with van der Waals surface area (Å²) >= 11 is 0. The second-order valence-corrected chi connectivity index (χ2v) is 0. The van der Waals surface area contributed by atoms with Crippen molar-refractivity contribution in [3.8, 4) is 0 Å². The quantitative estimate of drug-likeness (QED) is 0.274. The monoisotopic (exact) mass is 83.1 g/mol. The molecule has 0 aromatic carbocycles. The van der Waals surface area contributed by atoms with E-state index in [1.165, 1.54) is 0 Å². The summed E-state index contributed by atoms with van der Waals surface area (Å²) < 4.78 is 6.21. The molecular formula is C5H15Li. The van der Waals surface area contributed by atoms with Crippen LogP contribution in [0.25, 0.3) is 0 Å². The summed E-state index contributed by atoms with van der Waals surface area (Å²) in [5.74, 6) is 0. The van der Waals surface area contributed by atoms with Crippen molar-refractivity contribution in [2.24, 2.45) is 0 Å². The van der Waals surface area contributed by atoms with Crippen LogP contribution in [0.1, 0.15) is 29.0 Å². The Bertz CT molecular complexity index is 8.04. The Morgan fingerprint density at radius 2 is 1.17 bits per heavy atom. The molecule has 0 aliphatic rings. The van der Waals surface area contributed by atoms with E-state index in [4.69, 9.17) is 1.37 Å². The molecule has 6 heavy (non-hydrogen) atoms. The predicted octanol–water partition coefficient (Wildman–Crippen LogP) is -0.493. The van der Waals surface area contributed by atoms with Crippen molar-refractivity contribution in [3.05, 3.63) is 7.43 Å². The van der Waals surface area contributed by atoms with Crippen LogP contribution in [-0.2, 0) is 0 Å². The molecule has 0 fully saturated rings. The van der Waals surface area contributed by atoms with Crippen LogP contribution in [0.4, 0.5) is 0 Å². The van der Waals surface area contributed by atoms with Gasteiger partial charge in [-0.05, 0) is 0 Å². The minimum absolute atomic E-state index is 0. The molecule has 0 saturated heterocycles. The van der Waals surface area contributed by atoms with Gasteiger partial charge in [-0.25, -0.2) is 0 Å². The molecule has 0 rings (SSSR count). The van der Waals surface area contributed by atoms with Crippen molar-refractivity contribution >= 4 is 0 Å². The van der Waals surface area contributed by atoms with Gasteiger partial charge < -0.3 is 7.43 Å². The van der Waals surface area contributed by atoms with Gasteiger partial charge in [-0.2, -0.15) is 0 Å². The molecule has 0 heterocycles. The van der Waals surface area contributed by atoms with Crippen LogP contribution in [0.5, 0.6) is 0 Å². The molecule has 0 saturated carbocycles. The predicted molar refractivity (Wildman–Crippen MR) is 29.1 cm³/mol. The van der Waals surface area contributed by atoms with Crippen LogP contribution in [0.2, 0.25) is 0 Å². The first-order valence-electron chi connectivity index (χ1n) is 2.41. The first-order valence-corrected chi connectivity index (χ1v) is 1.71. The Hall–Kier alpha value is 0.597. The third kappa shape index (κ3) is 167. The zero-order chi connectivity index (χ0) is 4.71. The minimum atomic E-state index is 0.